The van der Waals surface area contributed by atoms with Gasteiger partial charge in [-0.1, -0.05) is 66.4 Å². The van der Waals surface area contributed by atoms with E-state index >= 15 is 0 Å². The fourth-order valence-electron chi connectivity index (χ4n) is 3.65. The molecule has 2 aromatic heterocycles. The largest absolute Gasteiger partial charge is 0.372 e. The summed E-state index contributed by atoms with van der Waals surface area (Å²) in [5.41, 5.74) is 5.82. The highest BCUT2D eigenvalue weighted by molar-refractivity contribution is 7.98. The first kappa shape index (κ1) is 22.9. The minimum Gasteiger partial charge on any atom is -0.372 e. The molecule has 0 spiro atoms. The first-order valence-electron chi connectivity index (χ1n) is 10.8. The molecule has 170 valence electrons. The molecule has 0 saturated heterocycles. The summed E-state index contributed by atoms with van der Waals surface area (Å²) < 4.78 is 7.54. The highest BCUT2D eigenvalue weighted by atomic mass is 32.2. The summed E-state index contributed by atoms with van der Waals surface area (Å²) in [4.78, 5) is 21.6. The molecule has 0 aliphatic rings. The molecule has 0 saturated carbocycles. The van der Waals surface area contributed by atoms with Crippen LogP contribution in [0.2, 0.25) is 0 Å². The molecule has 7 nitrogen and oxygen atoms in total. The van der Waals surface area contributed by atoms with Crippen LogP contribution in [0, 0.1) is 13.8 Å². The lowest BCUT2D eigenvalue weighted by Crippen LogP contribution is -2.26. The lowest BCUT2D eigenvalue weighted by atomic mass is 10.1. The Bertz CT molecular complexity index is 1260. The summed E-state index contributed by atoms with van der Waals surface area (Å²) in [6.07, 6.45) is 2.17. The fraction of sp³-hybridized carbons (Fsp3) is 0.280. The second kappa shape index (κ2) is 10.6. The van der Waals surface area contributed by atoms with E-state index in [-0.39, 0.29) is 12.3 Å². The van der Waals surface area contributed by atoms with Crippen LogP contribution in [-0.4, -0.2) is 31.7 Å². The van der Waals surface area contributed by atoms with Gasteiger partial charge in [0.05, 0.1) is 19.6 Å². The SMILES string of the molecule is CSc1nc2nc(C)c(CC(=O)NCc3cccc(COCc4ccccc4)c3)c(C)n2n1. The molecule has 0 fully saturated rings. The fourth-order valence-corrected chi connectivity index (χ4v) is 3.98. The van der Waals surface area contributed by atoms with Crippen molar-refractivity contribution in [2.75, 3.05) is 6.26 Å². The summed E-state index contributed by atoms with van der Waals surface area (Å²) in [7, 11) is 0. The van der Waals surface area contributed by atoms with Crippen molar-refractivity contribution in [3.8, 4) is 0 Å². The highest BCUT2D eigenvalue weighted by Gasteiger charge is 2.16. The lowest BCUT2D eigenvalue weighted by Gasteiger charge is -2.11. The summed E-state index contributed by atoms with van der Waals surface area (Å²) >= 11 is 1.47. The van der Waals surface area contributed by atoms with Crippen molar-refractivity contribution < 1.29 is 9.53 Å². The molecule has 0 bridgehead atoms. The quantitative estimate of drug-likeness (QED) is 0.379. The Labute approximate surface area is 197 Å². The Balaban J connectivity index is 1.34. The Morgan fingerprint density at radius 2 is 1.73 bits per heavy atom. The van der Waals surface area contributed by atoms with Gasteiger partial charge in [0.2, 0.25) is 11.1 Å². The van der Waals surface area contributed by atoms with Crippen LogP contribution in [0.1, 0.15) is 33.6 Å². The third-order valence-electron chi connectivity index (χ3n) is 5.41. The Morgan fingerprint density at radius 1 is 1.00 bits per heavy atom. The Kier molecular flexibility index (Phi) is 7.36. The predicted molar refractivity (Wildman–Crippen MR) is 129 cm³/mol. The monoisotopic (exact) mass is 461 g/mol. The summed E-state index contributed by atoms with van der Waals surface area (Å²) in [5, 5.41) is 8.13. The molecular weight excluding hydrogens is 434 g/mol. The number of aryl methyl sites for hydroxylation is 2. The van der Waals surface area contributed by atoms with Crippen LogP contribution in [0.15, 0.2) is 59.8 Å². The van der Waals surface area contributed by atoms with Crippen molar-refractivity contribution in [3.63, 3.8) is 0 Å². The van der Waals surface area contributed by atoms with E-state index < -0.39 is 0 Å². The molecule has 4 aromatic rings. The number of carbonyl (C=O) groups excluding carboxylic acids is 1. The maximum Gasteiger partial charge on any atom is 0.253 e. The van der Waals surface area contributed by atoms with Gasteiger partial charge in [-0.25, -0.2) is 9.50 Å². The number of ether oxygens (including phenoxy) is 1. The second-order valence-electron chi connectivity index (χ2n) is 7.82. The van der Waals surface area contributed by atoms with Crippen LogP contribution in [0.5, 0.6) is 0 Å². The molecule has 0 aliphatic carbocycles. The van der Waals surface area contributed by atoms with Crippen LogP contribution in [0.4, 0.5) is 0 Å². The Hall–Kier alpha value is -3.23. The van der Waals surface area contributed by atoms with E-state index in [4.69, 9.17) is 4.74 Å². The zero-order chi connectivity index (χ0) is 23.2. The van der Waals surface area contributed by atoms with Gasteiger partial charge in [0.15, 0.2) is 0 Å². The average molecular weight is 462 g/mol. The van der Waals surface area contributed by atoms with Crippen molar-refractivity contribution in [2.45, 2.75) is 45.2 Å². The van der Waals surface area contributed by atoms with Gasteiger partial charge < -0.3 is 10.1 Å². The number of rotatable bonds is 9. The Morgan fingerprint density at radius 3 is 2.52 bits per heavy atom. The number of amides is 1. The van der Waals surface area contributed by atoms with Crippen molar-refractivity contribution in [1.82, 2.24) is 24.9 Å². The smallest absolute Gasteiger partial charge is 0.253 e. The number of benzene rings is 2. The summed E-state index contributed by atoms with van der Waals surface area (Å²) in [6.45, 7) is 5.41. The van der Waals surface area contributed by atoms with E-state index in [1.807, 2.05) is 68.6 Å². The zero-order valence-electron chi connectivity index (χ0n) is 19.0. The molecule has 0 radical (unpaired) electrons. The number of carbonyl (C=O) groups is 1. The summed E-state index contributed by atoms with van der Waals surface area (Å²) in [5.74, 6) is 0.503. The van der Waals surface area contributed by atoms with Crippen molar-refractivity contribution in [2.24, 2.45) is 0 Å². The molecule has 8 heteroatoms. The first-order valence-corrected chi connectivity index (χ1v) is 12.0. The third-order valence-corrected chi connectivity index (χ3v) is 5.95. The first-order chi connectivity index (χ1) is 16.0. The maximum atomic E-state index is 12.7. The van der Waals surface area contributed by atoms with Crippen LogP contribution >= 0.6 is 11.8 Å². The van der Waals surface area contributed by atoms with Gasteiger partial charge in [-0.3, -0.25) is 4.79 Å². The number of fused-ring (bicyclic) bond motifs is 1. The molecule has 2 heterocycles. The standard InChI is InChI=1S/C25H27N5O2S/c1-17-22(18(2)30-24(27-17)28-25(29-30)33-3)13-23(31)26-14-20-10-7-11-21(12-20)16-32-15-19-8-5-4-6-9-19/h4-12H,13-16H2,1-3H3,(H,26,31). The highest BCUT2D eigenvalue weighted by Crippen LogP contribution is 2.17. The molecule has 2 aromatic carbocycles. The van der Waals surface area contributed by atoms with Gasteiger partial charge in [0, 0.05) is 23.5 Å². The van der Waals surface area contributed by atoms with Crippen molar-refractivity contribution >= 4 is 23.4 Å². The molecule has 0 aliphatic heterocycles. The molecular formula is C25H27N5O2S. The minimum absolute atomic E-state index is 0.0571. The lowest BCUT2D eigenvalue weighted by molar-refractivity contribution is -0.120. The third kappa shape index (κ3) is 5.77. The predicted octanol–water partition coefficient (Wildman–Crippen LogP) is 4.04. The van der Waals surface area contributed by atoms with Gasteiger partial charge in [0.25, 0.3) is 5.78 Å². The van der Waals surface area contributed by atoms with E-state index in [9.17, 15) is 4.79 Å². The van der Waals surface area contributed by atoms with Gasteiger partial charge in [-0.05, 0) is 36.8 Å². The number of nitrogens with one attached hydrogen (secondary N) is 1. The topological polar surface area (TPSA) is 81.4 Å². The van der Waals surface area contributed by atoms with Crippen LogP contribution in [-0.2, 0) is 35.7 Å². The average Bonchev–Trinajstić information content (AvgIpc) is 3.25. The van der Waals surface area contributed by atoms with Crippen LogP contribution < -0.4 is 5.32 Å². The van der Waals surface area contributed by atoms with E-state index in [2.05, 4.69) is 26.4 Å². The van der Waals surface area contributed by atoms with Gasteiger partial charge in [-0.15, -0.1) is 5.10 Å². The molecule has 1 N–H and O–H groups in total. The normalized spacial score (nSPS) is 11.1. The van der Waals surface area contributed by atoms with E-state index in [0.29, 0.717) is 30.7 Å². The van der Waals surface area contributed by atoms with Gasteiger partial charge >= 0.3 is 0 Å². The van der Waals surface area contributed by atoms with E-state index in [0.717, 1.165) is 33.6 Å². The molecule has 0 atom stereocenters. The van der Waals surface area contributed by atoms with Crippen LogP contribution in [0.25, 0.3) is 5.78 Å². The molecule has 1 amide bonds. The van der Waals surface area contributed by atoms with E-state index in [1.165, 1.54) is 11.8 Å². The number of hydrogen-bond donors (Lipinski definition) is 1. The minimum atomic E-state index is -0.0571. The van der Waals surface area contributed by atoms with Crippen molar-refractivity contribution in [1.29, 1.82) is 0 Å². The number of nitrogens with zero attached hydrogens (tertiary/aromatic N) is 4. The second-order valence-corrected chi connectivity index (χ2v) is 8.60. The van der Waals surface area contributed by atoms with Crippen molar-refractivity contribution in [3.05, 3.63) is 88.2 Å². The number of thioether (sulfide) groups is 1. The number of hydrogen-bond acceptors (Lipinski definition) is 6. The van der Waals surface area contributed by atoms with Gasteiger partial charge in [-0.2, -0.15) is 4.98 Å². The molecule has 4 rings (SSSR count). The van der Waals surface area contributed by atoms with E-state index in [1.54, 1.807) is 4.52 Å². The molecule has 33 heavy (non-hydrogen) atoms. The van der Waals surface area contributed by atoms with Gasteiger partial charge in [0.1, 0.15) is 0 Å². The van der Waals surface area contributed by atoms with Crippen LogP contribution in [0.3, 0.4) is 0 Å². The zero-order valence-corrected chi connectivity index (χ0v) is 19.9. The molecule has 0 unspecified atom stereocenters. The maximum absolute atomic E-state index is 12.7. The number of aromatic nitrogens is 4. The summed E-state index contributed by atoms with van der Waals surface area (Å²) in [6, 6.07) is 18.2.